The molecule has 0 aliphatic carbocycles. The van der Waals surface area contributed by atoms with E-state index in [1.807, 2.05) is 0 Å². The highest BCUT2D eigenvalue weighted by Gasteiger charge is 2.44. The molecule has 0 aliphatic heterocycles. The second-order valence-corrected chi connectivity index (χ2v) is 8.99. The molecule has 0 spiro atoms. The van der Waals surface area contributed by atoms with E-state index in [1.165, 1.54) is 38.1 Å². The lowest BCUT2D eigenvalue weighted by Crippen LogP contribution is -2.51. The Hall–Kier alpha value is -2.47. The maximum absolute atomic E-state index is 13.7. The topological polar surface area (TPSA) is 58.6 Å². The molecular formula is C20H22F6N2O3S. The highest BCUT2D eigenvalue weighted by atomic mass is 32.2. The molecule has 0 radical (unpaired) electrons. The standard InChI is InChI=1S/C20H22F6N2O3S/c1-12-9-13(2)18(14(3)10-12)32(29,30)27-17(19(21,22)23)11-28(4)15-7-5-6-8-16(15)31-20(24,25)26/h5-10,17,27H,11H2,1-4H3. The number of likely N-dealkylation sites (N-methyl/N-ethyl adjacent to an activating group) is 1. The van der Waals surface area contributed by atoms with Crippen LogP contribution in [0.5, 0.6) is 5.75 Å². The third-order valence-electron chi connectivity index (χ3n) is 4.52. The molecule has 1 atom stereocenters. The van der Waals surface area contributed by atoms with E-state index in [2.05, 4.69) is 4.74 Å². The molecule has 1 N–H and O–H groups in total. The molecule has 0 aliphatic rings. The predicted octanol–water partition coefficient (Wildman–Crippen LogP) is 4.86. The molecule has 0 bridgehead atoms. The summed E-state index contributed by atoms with van der Waals surface area (Å²) in [7, 11) is -3.49. The number of ether oxygens (including phenoxy) is 1. The molecule has 0 heterocycles. The van der Waals surface area contributed by atoms with E-state index in [4.69, 9.17) is 0 Å². The summed E-state index contributed by atoms with van der Waals surface area (Å²) in [6, 6.07) is 5.09. The molecule has 0 saturated carbocycles. The number of benzene rings is 2. The van der Waals surface area contributed by atoms with Crippen LogP contribution in [-0.4, -0.2) is 40.6 Å². The van der Waals surface area contributed by atoms with Crippen molar-refractivity contribution in [3.63, 3.8) is 0 Å². The zero-order chi connectivity index (χ0) is 24.5. The minimum absolute atomic E-state index is 0.271. The van der Waals surface area contributed by atoms with Gasteiger partial charge >= 0.3 is 12.5 Å². The van der Waals surface area contributed by atoms with Crippen molar-refractivity contribution < 1.29 is 39.5 Å². The van der Waals surface area contributed by atoms with E-state index in [1.54, 1.807) is 11.6 Å². The Balaban J connectivity index is 2.38. The van der Waals surface area contributed by atoms with Gasteiger partial charge in [-0.15, -0.1) is 13.2 Å². The van der Waals surface area contributed by atoms with E-state index in [9.17, 15) is 34.8 Å². The first-order valence-electron chi connectivity index (χ1n) is 9.24. The minimum Gasteiger partial charge on any atom is -0.404 e. The Kier molecular flexibility index (Phi) is 7.40. The summed E-state index contributed by atoms with van der Waals surface area (Å²) in [4.78, 5) is 0.567. The Bertz CT molecular complexity index is 1040. The SMILES string of the molecule is Cc1cc(C)c(S(=O)(=O)NC(CN(C)c2ccccc2OC(F)(F)F)C(F)(F)F)c(C)c1. The summed E-state index contributed by atoms with van der Waals surface area (Å²) >= 11 is 0. The van der Waals surface area contributed by atoms with Crippen LogP contribution in [0.1, 0.15) is 16.7 Å². The number of anilines is 1. The predicted molar refractivity (Wildman–Crippen MR) is 107 cm³/mol. The van der Waals surface area contributed by atoms with Gasteiger partial charge < -0.3 is 9.64 Å². The number of hydrogen-bond acceptors (Lipinski definition) is 4. The van der Waals surface area contributed by atoms with E-state index in [0.717, 1.165) is 29.6 Å². The van der Waals surface area contributed by atoms with Crippen molar-refractivity contribution in [3.8, 4) is 5.75 Å². The molecule has 12 heteroatoms. The van der Waals surface area contributed by atoms with E-state index < -0.39 is 40.9 Å². The molecule has 2 aromatic carbocycles. The lowest BCUT2D eigenvalue weighted by Gasteiger charge is -2.29. The van der Waals surface area contributed by atoms with E-state index >= 15 is 0 Å². The fraction of sp³-hybridized carbons (Fsp3) is 0.400. The number of para-hydroxylation sites is 2. The zero-order valence-corrected chi connectivity index (χ0v) is 18.4. The van der Waals surface area contributed by atoms with Gasteiger partial charge in [-0.3, -0.25) is 0 Å². The molecule has 2 aromatic rings. The monoisotopic (exact) mass is 484 g/mol. The number of alkyl halides is 6. The number of nitrogens with one attached hydrogen (secondary N) is 1. The number of aryl methyl sites for hydroxylation is 3. The van der Waals surface area contributed by atoms with Crippen LogP contribution in [0.3, 0.4) is 0 Å². The van der Waals surface area contributed by atoms with Crippen molar-refractivity contribution in [2.24, 2.45) is 0 Å². The maximum atomic E-state index is 13.7. The average Bonchev–Trinajstić information content (AvgIpc) is 2.57. The molecule has 0 saturated heterocycles. The molecule has 0 aromatic heterocycles. The molecule has 5 nitrogen and oxygen atoms in total. The second kappa shape index (κ2) is 9.18. The molecule has 0 fully saturated rings. The molecule has 32 heavy (non-hydrogen) atoms. The minimum atomic E-state index is -5.05. The van der Waals surface area contributed by atoms with Crippen LogP contribution in [0, 0.1) is 20.8 Å². The Labute approximate surface area is 182 Å². The summed E-state index contributed by atoms with van der Waals surface area (Å²) in [5.41, 5.74) is 0.995. The van der Waals surface area contributed by atoms with Gasteiger partial charge in [0, 0.05) is 13.6 Å². The van der Waals surface area contributed by atoms with Gasteiger partial charge in [0.2, 0.25) is 10.0 Å². The molecule has 178 valence electrons. The summed E-state index contributed by atoms with van der Waals surface area (Å²) in [5.74, 6) is -0.712. The fourth-order valence-electron chi connectivity index (χ4n) is 3.40. The van der Waals surface area contributed by atoms with Gasteiger partial charge in [0.1, 0.15) is 6.04 Å². The fourth-order valence-corrected chi connectivity index (χ4v) is 5.07. The number of nitrogens with zero attached hydrogens (tertiary/aromatic N) is 1. The van der Waals surface area contributed by atoms with Crippen LogP contribution < -0.4 is 14.4 Å². The van der Waals surface area contributed by atoms with Gasteiger partial charge in [-0.05, 0) is 44.0 Å². The molecule has 0 amide bonds. The van der Waals surface area contributed by atoms with Gasteiger partial charge in [-0.2, -0.15) is 17.9 Å². The van der Waals surface area contributed by atoms with Gasteiger partial charge in [0.15, 0.2) is 5.75 Å². The van der Waals surface area contributed by atoms with Crippen molar-refractivity contribution in [2.45, 2.75) is 44.2 Å². The van der Waals surface area contributed by atoms with Crippen LogP contribution >= 0.6 is 0 Å². The lowest BCUT2D eigenvalue weighted by atomic mass is 10.1. The second-order valence-electron chi connectivity index (χ2n) is 7.34. The third-order valence-corrected chi connectivity index (χ3v) is 6.30. The Morgan fingerprint density at radius 2 is 1.53 bits per heavy atom. The molecular weight excluding hydrogens is 462 g/mol. The normalized spacial score (nSPS) is 13.7. The van der Waals surface area contributed by atoms with E-state index in [-0.39, 0.29) is 21.7 Å². The maximum Gasteiger partial charge on any atom is 0.573 e. The highest BCUT2D eigenvalue weighted by Crippen LogP contribution is 2.33. The summed E-state index contributed by atoms with van der Waals surface area (Å²) in [5, 5.41) is 0. The number of hydrogen-bond donors (Lipinski definition) is 1. The first-order chi connectivity index (χ1) is 14.5. The number of sulfonamides is 1. The van der Waals surface area contributed by atoms with Crippen molar-refractivity contribution >= 4 is 15.7 Å². The third kappa shape index (κ3) is 6.52. The lowest BCUT2D eigenvalue weighted by molar-refractivity contribution is -0.274. The van der Waals surface area contributed by atoms with Crippen LogP contribution in [-0.2, 0) is 10.0 Å². The Morgan fingerprint density at radius 3 is 2.03 bits per heavy atom. The van der Waals surface area contributed by atoms with Gasteiger partial charge in [-0.1, -0.05) is 29.8 Å². The van der Waals surface area contributed by atoms with Crippen LogP contribution in [0.4, 0.5) is 32.0 Å². The Morgan fingerprint density at radius 1 is 1.00 bits per heavy atom. The van der Waals surface area contributed by atoms with Gasteiger partial charge in [-0.25, -0.2) is 8.42 Å². The van der Waals surface area contributed by atoms with Crippen molar-refractivity contribution in [3.05, 3.63) is 53.1 Å². The first kappa shape index (κ1) is 25.8. The highest BCUT2D eigenvalue weighted by molar-refractivity contribution is 7.89. The molecule has 2 rings (SSSR count). The smallest absolute Gasteiger partial charge is 0.404 e. The van der Waals surface area contributed by atoms with Gasteiger partial charge in [0.05, 0.1) is 10.6 Å². The zero-order valence-electron chi connectivity index (χ0n) is 17.6. The first-order valence-corrected chi connectivity index (χ1v) is 10.7. The summed E-state index contributed by atoms with van der Waals surface area (Å²) < 4.78 is 110. The van der Waals surface area contributed by atoms with Gasteiger partial charge in [0.25, 0.3) is 0 Å². The van der Waals surface area contributed by atoms with Crippen LogP contribution in [0.2, 0.25) is 0 Å². The van der Waals surface area contributed by atoms with E-state index in [0.29, 0.717) is 0 Å². The molecule has 1 unspecified atom stereocenters. The largest absolute Gasteiger partial charge is 0.573 e. The number of halogens is 6. The van der Waals surface area contributed by atoms with Crippen molar-refractivity contribution in [1.29, 1.82) is 0 Å². The quantitative estimate of drug-likeness (QED) is 0.571. The van der Waals surface area contributed by atoms with Crippen molar-refractivity contribution in [1.82, 2.24) is 4.72 Å². The van der Waals surface area contributed by atoms with Crippen LogP contribution in [0.25, 0.3) is 0 Å². The number of rotatable bonds is 7. The average molecular weight is 484 g/mol. The van der Waals surface area contributed by atoms with Crippen molar-refractivity contribution in [2.75, 3.05) is 18.5 Å². The van der Waals surface area contributed by atoms with Crippen LogP contribution in [0.15, 0.2) is 41.3 Å². The summed E-state index contributed by atoms with van der Waals surface area (Å²) in [6.07, 6.45) is -10.1. The summed E-state index contributed by atoms with van der Waals surface area (Å²) in [6.45, 7) is 3.66.